The quantitative estimate of drug-likeness (QED) is 0.370. The Morgan fingerprint density at radius 2 is 1.88 bits per heavy atom. The Balaban J connectivity index is 1.13. The molecule has 2 saturated heterocycles. The van der Waals surface area contributed by atoms with Gasteiger partial charge in [-0.1, -0.05) is 6.07 Å². The van der Waals surface area contributed by atoms with Crippen LogP contribution in [-0.4, -0.2) is 65.4 Å². The molecule has 0 aliphatic carbocycles. The maximum atomic E-state index is 13.9. The number of hydrogen-bond acceptors (Lipinski definition) is 8. The number of rotatable bonds is 6. The highest BCUT2D eigenvalue weighted by atomic mass is 19.1. The molecule has 4 aromatic rings. The number of carbonyl (C=O) groups excluding carboxylic acids is 1. The molecule has 0 aromatic carbocycles. The molecular formula is C28H33FN10O. The van der Waals surface area contributed by atoms with E-state index in [1.54, 1.807) is 12.3 Å². The second-order valence-electron chi connectivity index (χ2n) is 10.9. The summed E-state index contributed by atoms with van der Waals surface area (Å²) in [6.07, 6.45) is 7.57. The number of anilines is 3. The molecule has 1 unspecified atom stereocenters. The predicted octanol–water partition coefficient (Wildman–Crippen LogP) is 4.25. The lowest BCUT2D eigenvalue weighted by molar-refractivity contribution is -0.150. The van der Waals surface area contributed by atoms with Crippen LogP contribution in [0.1, 0.15) is 55.6 Å². The van der Waals surface area contributed by atoms with Crippen LogP contribution in [0.3, 0.4) is 0 Å². The summed E-state index contributed by atoms with van der Waals surface area (Å²) in [7, 11) is 0. The third-order valence-corrected chi connectivity index (χ3v) is 8.08. The first-order valence-corrected chi connectivity index (χ1v) is 13.7. The van der Waals surface area contributed by atoms with Gasteiger partial charge in [-0.25, -0.2) is 19.0 Å². The second-order valence-corrected chi connectivity index (χ2v) is 10.9. The second kappa shape index (κ2) is 10.3. The van der Waals surface area contributed by atoms with Gasteiger partial charge in [0.25, 0.3) is 0 Å². The van der Waals surface area contributed by atoms with Crippen molar-refractivity contribution < 1.29 is 9.18 Å². The highest BCUT2D eigenvalue weighted by Gasteiger charge is 2.47. The van der Waals surface area contributed by atoms with E-state index in [2.05, 4.69) is 35.5 Å². The average molecular weight is 545 g/mol. The van der Waals surface area contributed by atoms with Crippen LogP contribution in [-0.2, 0) is 4.79 Å². The molecule has 1 spiro atoms. The molecule has 2 N–H and O–H groups in total. The van der Waals surface area contributed by atoms with Crippen molar-refractivity contribution >= 4 is 23.5 Å². The fraction of sp³-hybridized carbons (Fsp3) is 0.429. The van der Waals surface area contributed by atoms with Gasteiger partial charge in [0.05, 0.1) is 23.9 Å². The highest BCUT2D eigenvalue weighted by molar-refractivity contribution is 5.84. The van der Waals surface area contributed by atoms with Crippen LogP contribution < -0.4 is 10.2 Å². The van der Waals surface area contributed by atoms with Crippen molar-refractivity contribution in [1.82, 2.24) is 39.8 Å². The maximum Gasteiger partial charge on any atom is 0.229 e. The van der Waals surface area contributed by atoms with Crippen molar-refractivity contribution in [3.8, 4) is 5.82 Å². The monoisotopic (exact) mass is 544 g/mol. The molecule has 6 heterocycles. The van der Waals surface area contributed by atoms with Gasteiger partial charge in [0.15, 0.2) is 17.5 Å². The summed E-state index contributed by atoms with van der Waals surface area (Å²) in [6, 6.07) is 7.46. The Labute approximate surface area is 231 Å². The van der Waals surface area contributed by atoms with Gasteiger partial charge >= 0.3 is 0 Å². The first kappa shape index (κ1) is 25.9. The first-order valence-electron chi connectivity index (χ1n) is 13.7. The average Bonchev–Trinajstić information content (AvgIpc) is 3.57. The van der Waals surface area contributed by atoms with Crippen LogP contribution in [0.2, 0.25) is 0 Å². The van der Waals surface area contributed by atoms with Crippen LogP contribution in [0.15, 0.2) is 42.9 Å². The molecule has 2 aliphatic rings. The van der Waals surface area contributed by atoms with Crippen molar-refractivity contribution in [3.05, 3.63) is 65.6 Å². The van der Waals surface area contributed by atoms with Crippen LogP contribution in [0.5, 0.6) is 0 Å². The number of pyridine rings is 1. The number of piperidine rings is 2. The number of nitrogens with one attached hydrogen (secondary N) is 2. The largest absolute Gasteiger partial charge is 0.341 e. The molecule has 0 bridgehead atoms. The third-order valence-electron chi connectivity index (χ3n) is 8.08. The zero-order valence-electron chi connectivity index (χ0n) is 22.9. The van der Waals surface area contributed by atoms with Crippen molar-refractivity contribution in [2.24, 2.45) is 5.41 Å². The third kappa shape index (κ3) is 5.01. The minimum atomic E-state index is -0.412. The number of amides is 1. The molecule has 40 heavy (non-hydrogen) atoms. The number of aryl methyl sites for hydroxylation is 2. The number of halogens is 1. The smallest absolute Gasteiger partial charge is 0.229 e. The zero-order chi connectivity index (χ0) is 27.9. The Hall–Kier alpha value is -4.35. The van der Waals surface area contributed by atoms with Crippen LogP contribution in [0.25, 0.3) is 5.82 Å². The fourth-order valence-corrected chi connectivity index (χ4v) is 5.83. The molecule has 4 aromatic heterocycles. The normalized spacial score (nSPS) is 17.9. The van der Waals surface area contributed by atoms with E-state index in [1.807, 2.05) is 43.9 Å². The molecule has 2 aliphatic heterocycles. The summed E-state index contributed by atoms with van der Waals surface area (Å²) in [5, 5.41) is 14.4. The molecule has 1 amide bonds. The Morgan fingerprint density at radius 3 is 2.55 bits per heavy atom. The van der Waals surface area contributed by atoms with Crippen LogP contribution >= 0.6 is 0 Å². The number of aromatic nitrogens is 7. The van der Waals surface area contributed by atoms with Gasteiger partial charge in [0.2, 0.25) is 11.9 Å². The fourth-order valence-electron chi connectivity index (χ4n) is 5.83. The van der Waals surface area contributed by atoms with Crippen LogP contribution in [0, 0.1) is 25.1 Å². The van der Waals surface area contributed by atoms with E-state index < -0.39 is 5.82 Å². The van der Waals surface area contributed by atoms with Crippen molar-refractivity contribution in [1.29, 1.82) is 0 Å². The Morgan fingerprint density at radius 1 is 1.05 bits per heavy atom. The molecule has 11 nitrogen and oxygen atoms in total. The van der Waals surface area contributed by atoms with Gasteiger partial charge < -0.3 is 15.1 Å². The summed E-state index contributed by atoms with van der Waals surface area (Å²) < 4.78 is 14.7. The number of likely N-dealkylation sites (tertiary alicyclic amines) is 1. The lowest BCUT2D eigenvalue weighted by atomic mass is 9.71. The predicted molar refractivity (Wildman–Crippen MR) is 148 cm³/mol. The van der Waals surface area contributed by atoms with E-state index in [1.165, 1.54) is 10.9 Å². The minimum absolute atomic E-state index is 0.113. The number of H-pyrrole nitrogens is 1. The Kier molecular flexibility index (Phi) is 6.68. The van der Waals surface area contributed by atoms with Crippen molar-refractivity contribution in [3.63, 3.8) is 0 Å². The molecule has 2 fully saturated rings. The molecule has 0 saturated carbocycles. The summed E-state index contributed by atoms with van der Waals surface area (Å²) >= 11 is 0. The topological polar surface area (TPSA) is 121 Å². The van der Waals surface area contributed by atoms with Gasteiger partial charge in [-0.15, -0.1) is 0 Å². The van der Waals surface area contributed by atoms with E-state index in [0.29, 0.717) is 23.4 Å². The summed E-state index contributed by atoms with van der Waals surface area (Å²) in [6.45, 7) is 8.11. The molecule has 208 valence electrons. The number of nitrogens with zero attached hydrogens (tertiary/aromatic N) is 8. The lowest BCUT2D eigenvalue weighted by Gasteiger charge is -2.48. The summed E-state index contributed by atoms with van der Waals surface area (Å²) in [4.78, 5) is 32.0. The Bertz CT molecular complexity index is 1510. The molecule has 0 radical (unpaired) electrons. The number of aromatic amines is 1. The number of hydrogen-bond donors (Lipinski definition) is 2. The van der Waals surface area contributed by atoms with E-state index in [0.717, 1.165) is 68.5 Å². The van der Waals surface area contributed by atoms with Crippen molar-refractivity contribution in [2.75, 3.05) is 29.9 Å². The van der Waals surface area contributed by atoms with E-state index in [-0.39, 0.29) is 17.4 Å². The van der Waals surface area contributed by atoms with E-state index >= 15 is 0 Å². The molecule has 1 atom stereocenters. The highest BCUT2D eigenvalue weighted by Crippen LogP contribution is 2.43. The van der Waals surface area contributed by atoms with Crippen LogP contribution in [0.4, 0.5) is 22.0 Å². The number of carbonyl (C=O) groups is 1. The SMILES string of the molecule is Cc1cc(Nc2cc(C)[nH]n2)nc(N2CCC3(CCCN(C(C)c4ccc(-n5cc(F)cn5)nc4)C3=O)CC2)n1. The molecule has 6 rings (SSSR count). The molecular weight excluding hydrogens is 511 g/mol. The van der Waals surface area contributed by atoms with E-state index in [4.69, 9.17) is 4.98 Å². The van der Waals surface area contributed by atoms with Crippen molar-refractivity contribution in [2.45, 2.75) is 52.5 Å². The van der Waals surface area contributed by atoms with Gasteiger partial charge in [-0.3, -0.25) is 9.89 Å². The van der Waals surface area contributed by atoms with Gasteiger partial charge in [-0.05, 0) is 58.1 Å². The zero-order valence-corrected chi connectivity index (χ0v) is 22.9. The standard InChI is InChI=1S/C28H33FN10O/c1-18-13-23(33-24-14-19(2)35-36-24)34-27(32-18)37-11-8-28(9-12-37)7-4-10-38(26(28)40)20(3)21-5-6-25(30-15-21)39-17-22(29)16-31-39/h5-6,13-17,20H,4,7-12H2,1-3H3,(H2,32,33,34,35,36). The van der Waals surface area contributed by atoms with Gasteiger partial charge in [0, 0.05) is 49.4 Å². The van der Waals surface area contributed by atoms with Gasteiger partial charge in [-0.2, -0.15) is 15.2 Å². The lowest BCUT2D eigenvalue weighted by Crippen LogP contribution is -2.54. The summed E-state index contributed by atoms with van der Waals surface area (Å²) in [5.41, 5.74) is 2.40. The maximum absolute atomic E-state index is 13.9. The minimum Gasteiger partial charge on any atom is -0.341 e. The molecule has 12 heteroatoms. The van der Waals surface area contributed by atoms with Gasteiger partial charge in [0.1, 0.15) is 5.82 Å². The summed E-state index contributed by atoms with van der Waals surface area (Å²) in [5.74, 6) is 2.41. The van der Waals surface area contributed by atoms with E-state index in [9.17, 15) is 9.18 Å². The first-order chi connectivity index (χ1) is 19.3.